The maximum atomic E-state index is 13.1. The Kier molecular flexibility index (Phi) is 6.31. The second kappa shape index (κ2) is 9.28. The van der Waals surface area contributed by atoms with Crippen LogP contribution in [0, 0.1) is 0 Å². The van der Waals surface area contributed by atoms with Gasteiger partial charge in [0.1, 0.15) is 11.0 Å². The molecule has 1 aliphatic heterocycles. The van der Waals surface area contributed by atoms with E-state index in [1.165, 1.54) is 23.1 Å². The van der Waals surface area contributed by atoms with Crippen LogP contribution in [-0.2, 0) is 4.79 Å². The highest BCUT2D eigenvalue weighted by Crippen LogP contribution is 2.40. The van der Waals surface area contributed by atoms with Crippen LogP contribution in [0.4, 0.5) is 10.8 Å². The van der Waals surface area contributed by atoms with E-state index in [9.17, 15) is 4.79 Å². The van der Waals surface area contributed by atoms with Crippen molar-refractivity contribution in [3.63, 3.8) is 0 Å². The normalized spacial score (nSPS) is 14.6. The minimum atomic E-state index is -0.309. The molecular weight excluding hydrogens is 404 g/mol. The number of methoxy groups -OCH3 is 1. The number of nitrogens with zero attached hydrogens (tertiary/aromatic N) is 3. The lowest BCUT2D eigenvalue weighted by Crippen LogP contribution is -2.31. The largest absolute Gasteiger partial charge is 0.497 e. The zero-order valence-corrected chi connectivity index (χ0v) is 17.7. The van der Waals surface area contributed by atoms with Crippen LogP contribution in [0.1, 0.15) is 23.7 Å². The average Bonchev–Trinajstić information content (AvgIpc) is 3.45. The molecule has 6 nitrogen and oxygen atoms in total. The Labute approximate surface area is 178 Å². The van der Waals surface area contributed by atoms with Crippen molar-refractivity contribution in [2.75, 3.05) is 25.5 Å². The minimum Gasteiger partial charge on any atom is -0.497 e. The number of anilines is 2. The first-order valence-electron chi connectivity index (χ1n) is 9.48. The molecule has 0 aliphatic carbocycles. The summed E-state index contributed by atoms with van der Waals surface area (Å²) in [6, 6.07) is 17.5. The lowest BCUT2D eigenvalue weighted by Gasteiger charge is -2.22. The van der Waals surface area contributed by atoms with Gasteiger partial charge in [-0.25, -0.2) is 0 Å². The lowest BCUT2D eigenvalue weighted by atomic mass is 10.1. The Bertz CT molecular complexity index is 941. The van der Waals surface area contributed by atoms with Gasteiger partial charge in [-0.15, -0.1) is 10.2 Å². The van der Waals surface area contributed by atoms with Crippen molar-refractivity contribution >= 4 is 39.8 Å². The Morgan fingerprint density at radius 1 is 1.10 bits per heavy atom. The average molecular weight is 427 g/mol. The molecule has 1 aliphatic rings. The molecule has 1 N–H and O–H groups in total. The van der Waals surface area contributed by atoms with Gasteiger partial charge < -0.3 is 15.0 Å². The van der Waals surface area contributed by atoms with Crippen LogP contribution in [0.25, 0.3) is 0 Å². The predicted molar refractivity (Wildman–Crippen MR) is 117 cm³/mol. The molecule has 150 valence electrons. The molecule has 1 unspecified atom stereocenters. The number of hydrogen-bond donors (Lipinski definition) is 1. The van der Waals surface area contributed by atoms with E-state index < -0.39 is 0 Å². The Morgan fingerprint density at radius 2 is 1.83 bits per heavy atom. The van der Waals surface area contributed by atoms with Gasteiger partial charge in [0, 0.05) is 18.8 Å². The van der Waals surface area contributed by atoms with Crippen molar-refractivity contribution in [1.82, 2.24) is 15.1 Å². The number of likely N-dealkylation sites (tertiary alicyclic amines) is 1. The molecule has 1 aromatic heterocycles. The Hall–Kier alpha value is -2.58. The fraction of sp³-hybridized carbons (Fsp3) is 0.286. The van der Waals surface area contributed by atoms with Gasteiger partial charge in [0.05, 0.1) is 7.11 Å². The topological polar surface area (TPSA) is 67.3 Å². The first-order chi connectivity index (χ1) is 14.2. The molecule has 1 atom stereocenters. The van der Waals surface area contributed by atoms with Crippen LogP contribution < -0.4 is 10.1 Å². The number of hydrogen-bond acceptors (Lipinski definition) is 7. The number of ether oxygens (including phenoxy) is 1. The molecule has 4 rings (SSSR count). The van der Waals surface area contributed by atoms with Crippen LogP contribution in [-0.4, -0.2) is 41.2 Å². The van der Waals surface area contributed by atoms with Crippen molar-refractivity contribution in [1.29, 1.82) is 0 Å². The summed E-state index contributed by atoms with van der Waals surface area (Å²) in [6.45, 7) is 1.67. The first kappa shape index (κ1) is 19.7. The summed E-state index contributed by atoms with van der Waals surface area (Å²) < 4.78 is 5.95. The van der Waals surface area contributed by atoms with E-state index in [-0.39, 0.29) is 11.2 Å². The van der Waals surface area contributed by atoms with Crippen LogP contribution in [0.2, 0.25) is 0 Å². The van der Waals surface area contributed by atoms with Crippen molar-refractivity contribution in [3.8, 4) is 5.75 Å². The molecule has 3 aromatic rings. The van der Waals surface area contributed by atoms with E-state index in [1.54, 1.807) is 7.11 Å². The number of carbonyl (C=O) groups is 1. The molecule has 29 heavy (non-hydrogen) atoms. The van der Waals surface area contributed by atoms with Crippen molar-refractivity contribution in [3.05, 3.63) is 60.2 Å². The monoisotopic (exact) mass is 426 g/mol. The summed E-state index contributed by atoms with van der Waals surface area (Å²) in [5, 5.41) is 12.2. The van der Waals surface area contributed by atoms with Gasteiger partial charge in [-0.1, -0.05) is 53.4 Å². The number of carbonyl (C=O) groups excluding carboxylic acids is 1. The maximum absolute atomic E-state index is 13.1. The van der Waals surface area contributed by atoms with E-state index in [4.69, 9.17) is 4.74 Å². The third-order valence-electron chi connectivity index (χ3n) is 4.71. The molecule has 2 heterocycles. The van der Waals surface area contributed by atoms with Crippen LogP contribution in [0.3, 0.4) is 0 Å². The van der Waals surface area contributed by atoms with E-state index >= 15 is 0 Å². The first-order valence-corrected chi connectivity index (χ1v) is 11.2. The Balaban J connectivity index is 1.49. The summed E-state index contributed by atoms with van der Waals surface area (Å²) in [6.07, 6.45) is 2.15. The van der Waals surface area contributed by atoms with Gasteiger partial charge in [-0.3, -0.25) is 4.79 Å². The predicted octanol–water partition coefficient (Wildman–Crippen LogP) is 4.75. The summed E-state index contributed by atoms with van der Waals surface area (Å²) in [5.41, 5.74) is 1.90. The number of rotatable bonds is 7. The van der Waals surface area contributed by atoms with Crippen LogP contribution in [0.5, 0.6) is 5.75 Å². The Morgan fingerprint density at radius 3 is 2.52 bits per heavy atom. The molecule has 2 aromatic carbocycles. The summed E-state index contributed by atoms with van der Waals surface area (Å²) in [4.78, 5) is 15.1. The molecular formula is C21H22N4O2S2. The van der Waals surface area contributed by atoms with Crippen molar-refractivity contribution in [2.24, 2.45) is 0 Å². The lowest BCUT2D eigenvalue weighted by molar-refractivity contribution is -0.129. The number of thioether (sulfide) groups is 1. The van der Waals surface area contributed by atoms with Crippen LogP contribution >= 0.6 is 23.1 Å². The van der Waals surface area contributed by atoms with Gasteiger partial charge in [0.2, 0.25) is 11.0 Å². The van der Waals surface area contributed by atoms with E-state index in [0.717, 1.165) is 47.3 Å². The van der Waals surface area contributed by atoms with Gasteiger partial charge >= 0.3 is 0 Å². The maximum Gasteiger partial charge on any atom is 0.240 e. The number of aromatic nitrogens is 2. The number of amides is 1. The molecule has 1 amide bonds. The summed E-state index contributed by atoms with van der Waals surface area (Å²) in [7, 11) is 1.64. The number of nitrogens with one attached hydrogen (secondary N) is 1. The second-order valence-electron chi connectivity index (χ2n) is 6.67. The molecule has 8 heteroatoms. The summed E-state index contributed by atoms with van der Waals surface area (Å²) >= 11 is 2.92. The third-order valence-corrected chi connectivity index (χ3v) is 6.88. The molecule has 1 fully saturated rings. The molecule has 0 bridgehead atoms. The second-order valence-corrected chi connectivity index (χ2v) is 9.00. The standard InChI is InChI=1S/C21H22N4O2S2/c1-27-17-11-9-16(10-12-17)22-20-23-24-21(29-20)28-18(15-7-3-2-4-8-15)19(26)25-13-5-6-14-25/h2-4,7-12,18H,5-6,13-14H2,1H3,(H,22,23). The van der Waals surface area contributed by atoms with Gasteiger partial charge in [0.25, 0.3) is 0 Å². The number of benzene rings is 2. The zero-order chi connectivity index (χ0) is 20.1. The van der Waals surface area contributed by atoms with Crippen molar-refractivity contribution < 1.29 is 9.53 Å². The fourth-order valence-electron chi connectivity index (χ4n) is 3.20. The third kappa shape index (κ3) is 4.89. The van der Waals surface area contributed by atoms with Gasteiger partial charge in [-0.2, -0.15) is 0 Å². The SMILES string of the molecule is COc1ccc(Nc2nnc(SC(C(=O)N3CCCC3)c3ccccc3)s2)cc1. The highest BCUT2D eigenvalue weighted by Gasteiger charge is 2.29. The molecule has 1 saturated heterocycles. The van der Waals surface area contributed by atoms with E-state index in [1.807, 2.05) is 59.5 Å². The van der Waals surface area contributed by atoms with Crippen LogP contribution in [0.15, 0.2) is 58.9 Å². The fourth-order valence-corrected chi connectivity index (χ4v) is 5.25. The molecule has 0 saturated carbocycles. The molecule has 0 spiro atoms. The quantitative estimate of drug-likeness (QED) is 0.550. The summed E-state index contributed by atoms with van der Waals surface area (Å²) in [5.74, 6) is 0.953. The molecule has 0 radical (unpaired) electrons. The van der Waals surface area contributed by atoms with Gasteiger partial charge in [0.15, 0.2) is 4.34 Å². The van der Waals surface area contributed by atoms with E-state index in [2.05, 4.69) is 15.5 Å². The van der Waals surface area contributed by atoms with Gasteiger partial charge in [-0.05, 0) is 42.7 Å². The highest BCUT2D eigenvalue weighted by atomic mass is 32.2. The zero-order valence-electron chi connectivity index (χ0n) is 16.1. The smallest absolute Gasteiger partial charge is 0.240 e. The minimum absolute atomic E-state index is 0.151. The highest BCUT2D eigenvalue weighted by molar-refractivity contribution is 8.01. The van der Waals surface area contributed by atoms with Crippen molar-refractivity contribution in [2.45, 2.75) is 22.4 Å². The van der Waals surface area contributed by atoms with E-state index in [0.29, 0.717) is 5.13 Å².